The Bertz CT molecular complexity index is 262. The molecule has 0 atom stereocenters. The molecule has 0 radical (unpaired) electrons. The van der Waals surface area contributed by atoms with E-state index in [2.05, 4.69) is 15.0 Å². The Hall–Kier alpha value is -1.39. The third kappa shape index (κ3) is 22.3. The lowest BCUT2D eigenvalue weighted by atomic mass is 10.5. The fraction of sp³-hybridized carbons (Fsp3) is 0.786. The summed E-state index contributed by atoms with van der Waals surface area (Å²) < 4.78 is 0. The molecule has 0 aromatic rings. The molecule has 5 nitrogen and oxygen atoms in total. The second kappa shape index (κ2) is 14.7. The number of hydrogen-bond donors (Lipinski definition) is 0. The summed E-state index contributed by atoms with van der Waals surface area (Å²) in [6.45, 7) is 7.89. The summed E-state index contributed by atoms with van der Waals surface area (Å²) in [5, 5.41) is 0. The summed E-state index contributed by atoms with van der Waals surface area (Å²) in [6, 6.07) is 0. The first-order valence-electron chi connectivity index (χ1n) is 6.25. The van der Waals surface area contributed by atoms with Crippen LogP contribution in [0.1, 0.15) is 27.7 Å². The second-order valence-electron chi connectivity index (χ2n) is 4.50. The number of aliphatic imine (C=N–C) groups is 3. The molecule has 0 aliphatic heterocycles. The molecule has 114 valence electrons. The number of hydrogen-bond acceptors (Lipinski definition) is 3. The maximum atomic E-state index is 3.93. The van der Waals surface area contributed by atoms with Crippen molar-refractivity contribution in [3.05, 3.63) is 0 Å². The van der Waals surface area contributed by atoms with Gasteiger partial charge in [0.25, 0.3) is 0 Å². The van der Waals surface area contributed by atoms with Gasteiger partial charge in [-0.2, -0.15) is 0 Å². The van der Waals surface area contributed by atoms with Crippen LogP contribution in [0.25, 0.3) is 0 Å². The smallest absolute Gasteiger partial charge is 0.0948 e. The highest BCUT2D eigenvalue weighted by molar-refractivity contribution is 5.79. The van der Waals surface area contributed by atoms with Gasteiger partial charge >= 0.3 is 0 Å². The minimum atomic E-state index is 1.06. The van der Waals surface area contributed by atoms with E-state index < -0.39 is 0 Å². The Kier molecular flexibility index (Phi) is 17.6. The zero-order valence-corrected chi connectivity index (χ0v) is 14.7. The van der Waals surface area contributed by atoms with Crippen molar-refractivity contribution in [1.29, 1.82) is 0 Å². The molecule has 0 heterocycles. The highest BCUT2D eigenvalue weighted by Gasteiger charge is 1.85. The van der Waals surface area contributed by atoms with Gasteiger partial charge in [-0.1, -0.05) is 0 Å². The predicted octanol–water partition coefficient (Wildman–Crippen LogP) is 2.29. The average molecular weight is 271 g/mol. The first kappa shape index (κ1) is 22.8. The molecule has 0 N–H and O–H groups in total. The van der Waals surface area contributed by atoms with Gasteiger partial charge in [0.2, 0.25) is 0 Å². The molecule has 0 aliphatic rings. The zero-order chi connectivity index (χ0) is 16.0. The Labute approximate surface area is 120 Å². The fourth-order valence-electron chi connectivity index (χ4n) is 0.400. The van der Waals surface area contributed by atoms with Gasteiger partial charge in [-0.25, -0.2) is 0 Å². The topological polar surface area (TPSA) is 43.6 Å². The third-order valence-corrected chi connectivity index (χ3v) is 2.39. The molecule has 0 fully saturated rings. The Morgan fingerprint density at radius 3 is 0.789 bits per heavy atom. The van der Waals surface area contributed by atoms with Crippen LogP contribution in [-0.2, 0) is 0 Å². The minimum Gasteiger partial charge on any atom is -0.367 e. The summed E-state index contributed by atoms with van der Waals surface area (Å²) in [5.74, 6) is 2.11. The number of amidine groups is 2. The van der Waals surface area contributed by atoms with E-state index >= 15 is 0 Å². The van der Waals surface area contributed by atoms with Crippen LogP contribution in [0.4, 0.5) is 0 Å². The second-order valence-corrected chi connectivity index (χ2v) is 4.50. The fourth-order valence-corrected chi connectivity index (χ4v) is 0.400. The normalized spacial score (nSPS) is 10.5. The molecular weight excluding hydrogens is 238 g/mol. The van der Waals surface area contributed by atoms with Crippen molar-refractivity contribution in [2.45, 2.75) is 27.7 Å². The van der Waals surface area contributed by atoms with Gasteiger partial charge in [0.05, 0.1) is 11.7 Å². The van der Waals surface area contributed by atoms with Gasteiger partial charge in [0.15, 0.2) is 0 Å². The first-order chi connectivity index (χ1) is 8.63. The van der Waals surface area contributed by atoms with Crippen LogP contribution in [0.15, 0.2) is 15.0 Å². The van der Waals surface area contributed by atoms with E-state index in [4.69, 9.17) is 0 Å². The van der Waals surface area contributed by atoms with Crippen LogP contribution in [0.2, 0.25) is 0 Å². The van der Waals surface area contributed by atoms with Crippen molar-refractivity contribution in [2.24, 2.45) is 15.0 Å². The molecule has 0 aliphatic carbocycles. The minimum absolute atomic E-state index is 1.06. The van der Waals surface area contributed by atoms with Crippen molar-refractivity contribution in [1.82, 2.24) is 9.80 Å². The monoisotopic (exact) mass is 271 g/mol. The van der Waals surface area contributed by atoms with Crippen LogP contribution < -0.4 is 0 Å². The molecule has 0 saturated heterocycles. The highest BCUT2D eigenvalue weighted by atomic mass is 15.1. The summed E-state index contributed by atoms with van der Waals surface area (Å²) in [5.41, 5.74) is 1.13. The molecule has 0 spiro atoms. The van der Waals surface area contributed by atoms with E-state index in [1.807, 2.05) is 65.7 Å². The molecule has 0 saturated carbocycles. The lowest BCUT2D eigenvalue weighted by Crippen LogP contribution is -2.17. The van der Waals surface area contributed by atoms with Gasteiger partial charge in [0, 0.05) is 55.0 Å². The Balaban J connectivity index is -0.000000206. The van der Waals surface area contributed by atoms with Crippen molar-refractivity contribution >= 4 is 17.4 Å². The maximum Gasteiger partial charge on any atom is 0.0948 e. The zero-order valence-electron chi connectivity index (χ0n) is 14.7. The number of nitrogens with zero attached hydrogens (tertiary/aromatic N) is 5. The quantitative estimate of drug-likeness (QED) is 0.501. The van der Waals surface area contributed by atoms with Crippen LogP contribution in [0.3, 0.4) is 0 Å². The molecule has 0 aromatic carbocycles. The van der Waals surface area contributed by atoms with Crippen molar-refractivity contribution in [3.63, 3.8) is 0 Å². The first-order valence-corrected chi connectivity index (χ1v) is 6.25. The van der Waals surface area contributed by atoms with Crippen molar-refractivity contribution in [2.75, 3.05) is 49.3 Å². The van der Waals surface area contributed by atoms with Crippen LogP contribution >= 0.6 is 0 Å². The van der Waals surface area contributed by atoms with E-state index in [1.54, 1.807) is 21.1 Å². The predicted molar refractivity (Wildman–Crippen MR) is 90.1 cm³/mol. The van der Waals surface area contributed by atoms with Crippen LogP contribution in [0.5, 0.6) is 0 Å². The van der Waals surface area contributed by atoms with Gasteiger partial charge in [-0.15, -0.1) is 0 Å². The van der Waals surface area contributed by atoms with Gasteiger partial charge in [-0.05, 0) is 27.7 Å². The molecular formula is C14H33N5. The van der Waals surface area contributed by atoms with E-state index in [0.717, 1.165) is 17.4 Å². The molecule has 0 aromatic heterocycles. The SMILES string of the molecule is CN=C(C)C.CN=C(C)N(C)C.CN=C(C)N(C)C. The Morgan fingerprint density at radius 2 is 0.789 bits per heavy atom. The maximum absolute atomic E-state index is 3.93. The molecule has 0 rings (SSSR count). The molecule has 5 heteroatoms. The molecule has 0 bridgehead atoms. The third-order valence-electron chi connectivity index (χ3n) is 2.39. The van der Waals surface area contributed by atoms with Gasteiger partial charge in [0.1, 0.15) is 0 Å². The lowest BCUT2D eigenvalue weighted by molar-refractivity contribution is 0.617. The van der Waals surface area contributed by atoms with Crippen molar-refractivity contribution < 1.29 is 0 Å². The highest BCUT2D eigenvalue weighted by Crippen LogP contribution is 1.77. The summed E-state index contributed by atoms with van der Waals surface area (Å²) in [7, 11) is 13.3. The van der Waals surface area contributed by atoms with Gasteiger partial charge < -0.3 is 9.80 Å². The average Bonchev–Trinajstić information content (AvgIpc) is 2.37. The van der Waals surface area contributed by atoms with Crippen molar-refractivity contribution in [3.8, 4) is 0 Å². The van der Waals surface area contributed by atoms with E-state index in [9.17, 15) is 0 Å². The summed E-state index contributed by atoms with van der Waals surface area (Å²) in [6.07, 6.45) is 0. The van der Waals surface area contributed by atoms with E-state index in [0.29, 0.717) is 0 Å². The lowest BCUT2D eigenvalue weighted by Gasteiger charge is -2.08. The summed E-state index contributed by atoms with van der Waals surface area (Å²) >= 11 is 0. The molecule has 19 heavy (non-hydrogen) atoms. The number of rotatable bonds is 0. The molecule has 0 unspecified atom stereocenters. The Morgan fingerprint density at radius 1 is 0.579 bits per heavy atom. The van der Waals surface area contributed by atoms with E-state index in [1.165, 1.54) is 0 Å². The standard InChI is InChI=1S/2C5H12N2.C4H9N/c2*1-5(6-2)7(3)4;1-4(2)5-3/h2*1-4H3;1-3H3. The largest absolute Gasteiger partial charge is 0.367 e. The van der Waals surface area contributed by atoms with Crippen LogP contribution in [-0.4, -0.2) is 76.5 Å². The van der Waals surface area contributed by atoms with Crippen LogP contribution in [0, 0.1) is 0 Å². The van der Waals surface area contributed by atoms with Gasteiger partial charge in [-0.3, -0.25) is 15.0 Å². The summed E-state index contributed by atoms with van der Waals surface area (Å²) in [4.78, 5) is 15.6. The molecule has 0 amide bonds. The van der Waals surface area contributed by atoms with E-state index in [-0.39, 0.29) is 0 Å².